The van der Waals surface area contributed by atoms with Crippen molar-refractivity contribution in [2.24, 2.45) is 0 Å². The summed E-state index contributed by atoms with van der Waals surface area (Å²) in [5, 5.41) is 3.75. The number of fused-ring (bicyclic) bond motifs is 1. The van der Waals surface area contributed by atoms with E-state index >= 15 is 0 Å². The third-order valence-electron chi connectivity index (χ3n) is 3.55. The molecule has 2 fully saturated rings. The number of aromatic nitrogens is 3. The molecule has 3 rings (SSSR count). The van der Waals surface area contributed by atoms with Crippen molar-refractivity contribution >= 4 is 10.1 Å². The number of nitrogens with one attached hydrogen (secondary N) is 1. The predicted octanol–water partition coefficient (Wildman–Crippen LogP) is -1.67. The smallest absolute Gasteiger partial charge is 0.345 e. The maximum atomic E-state index is 11.9. The van der Waals surface area contributed by atoms with Gasteiger partial charge in [0.2, 0.25) is 0 Å². The first kappa shape index (κ1) is 17.2. The normalized spacial score (nSPS) is 32.0. The highest BCUT2D eigenvalue weighted by Crippen LogP contribution is 2.42. The molecular formula is C12H17N3O8S. The van der Waals surface area contributed by atoms with E-state index in [4.69, 9.17) is 18.4 Å². The summed E-state index contributed by atoms with van der Waals surface area (Å²) in [7, 11) is -3.67. The first-order chi connectivity index (χ1) is 11.1. The molecule has 0 radical (unpaired) electrons. The largest absolute Gasteiger partial charge is 0.347 e. The summed E-state index contributed by atoms with van der Waals surface area (Å²) in [6.45, 7) is 3.06. The Hall–Kier alpha value is -1.60. The lowest BCUT2D eigenvalue weighted by molar-refractivity contribution is -0.201. The molecule has 2 aliphatic heterocycles. The molecule has 0 amide bonds. The molecule has 0 spiro atoms. The summed E-state index contributed by atoms with van der Waals surface area (Å²) >= 11 is 0. The van der Waals surface area contributed by atoms with Crippen LogP contribution in [0, 0.1) is 0 Å². The lowest BCUT2D eigenvalue weighted by Crippen LogP contribution is -2.39. The van der Waals surface area contributed by atoms with Crippen LogP contribution in [0.5, 0.6) is 0 Å². The zero-order chi connectivity index (χ0) is 17.7. The van der Waals surface area contributed by atoms with Gasteiger partial charge in [-0.1, -0.05) is 0 Å². The van der Waals surface area contributed by atoms with E-state index in [1.54, 1.807) is 13.8 Å². The van der Waals surface area contributed by atoms with Crippen molar-refractivity contribution < 1.29 is 26.8 Å². The number of aromatic amines is 1. The maximum Gasteiger partial charge on any atom is 0.347 e. The van der Waals surface area contributed by atoms with Crippen LogP contribution in [0.15, 0.2) is 15.8 Å². The average molecular weight is 363 g/mol. The quantitative estimate of drug-likeness (QED) is 0.622. The average Bonchev–Trinajstić information content (AvgIpc) is 2.90. The Balaban J connectivity index is 1.90. The fourth-order valence-corrected chi connectivity index (χ4v) is 3.11. The van der Waals surface area contributed by atoms with Gasteiger partial charge in [-0.05, 0) is 13.8 Å². The molecule has 0 saturated carbocycles. The molecule has 0 aliphatic carbocycles. The van der Waals surface area contributed by atoms with Crippen LogP contribution in [-0.2, 0) is 28.5 Å². The van der Waals surface area contributed by atoms with Gasteiger partial charge in [-0.15, -0.1) is 0 Å². The number of hydrogen-bond acceptors (Lipinski definition) is 9. The molecule has 0 aromatic carbocycles. The van der Waals surface area contributed by atoms with E-state index in [0.717, 1.165) is 17.1 Å². The Kier molecular flexibility index (Phi) is 4.12. The highest BCUT2D eigenvalue weighted by Gasteiger charge is 2.56. The van der Waals surface area contributed by atoms with Gasteiger partial charge < -0.3 is 14.2 Å². The summed E-state index contributed by atoms with van der Waals surface area (Å²) in [6.07, 6.45) is -1.31. The van der Waals surface area contributed by atoms with Crippen molar-refractivity contribution in [1.29, 1.82) is 0 Å². The van der Waals surface area contributed by atoms with Crippen molar-refractivity contribution in [2.75, 3.05) is 12.9 Å². The molecule has 2 saturated heterocycles. The van der Waals surface area contributed by atoms with E-state index in [1.807, 2.05) is 0 Å². The van der Waals surface area contributed by atoms with Gasteiger partial charge in [0.05, 0.1) is 12.9 Å². The van der Waals surface area contributed by atoms with Crippen LogP contribution in [0.2, 0.25) is 0 Å². The molecule has 0 bridgehead atoms. The number of hydrogen-bond donors (Lipinski definition) is 1. The molecule has 11 nitrogen and oxygen atoms in total. The molecule has 2 aliphatic rings. The second-order valence-corrected chi connectivity index (χ2v) is 7.65. The topological polar surface area (TPSA) is 139 Å². The lowest BCUT2D eigenvalue weighted by atomic mass is 10.1. The Labute approximate surface area is 136 Å². The fourth-order valence-electron chi connectivity index (χ4n) is 2.72. The van der Waals surface area contributed by atoms with Crippen LogP contribution in [0.25, 0.3) is 0 Å². The Morgan fingerprint density at radius 2 is 2.00 bits per heavy atom. The second-order valence-electron chi connectivity index (χ2n) is 6.00. The minimum absolute atomic E-state index is 0.298. The number of nitrogens with zero attached hydrogens (tertiary/aromatic N) is 2. The Morgan fingerprint density at radius 3 is 2.62 bits per heavy atom. The van der Waals surface area contributed by atoms with Gasteiger partial charge in [0.1, 0.15) is 24.5 Å². The van der Waals surface area contributed by atoms with Gasteiger partial charge in [-0.2, -0.15) is 18.2 Å². The SMILES string of the molecule is CC1(C)O[C@@H]2[C@H](O1)[C@H](COS(C)(=O)=O)O[C@H]2n1ncc(=O)[nH]c1=O. The van der Waals surface area contributed by atoms with Gasteiger partial charge in [-0.3, -0.25) is 14.0 Å². The van der Waals surface area contributed by atoms with E-state index in [0.29, 0.717) is 0 Å². The first-order valence-corrected chi connectivity index (χ1v) is 8.91. The molecule has 1 aromatic rings. The van der Waals surface area contributed by atoms with Gasteiger partial charge in [0.25, 0.3) is 15.7 Å². The van der Waals surface area contributed by atoms with Gasteiger partial charge >= 0.3 is 5.69 Å². The highest BCUT2D eigenvalue weighted by molar-refractivity contribution is 7.85. The van der Waals surface area contributed by atoms with Gasteiger partial charge in [-0.25, -0.2) is 4.79 Å². The molecule has 1 N–H and O–H groups in total. The molecular weight excluding hydrogens is 346 g/mol. The summed E-state index contributed by atoms with van der Waals surface area (Å²) in [5.74, 6) is -0.952. The monoisotopic (exact) mass is 363 g/mol. The molecule has 12 heteroatoms. The van der Waals surface area contributed by atoms with E-state index < -0.39 is 51.7 Å². The van der Waals surface area contributed by atoms with Crippen molar-refractivity contribution in [1.82, 2.24) is 14.8 Å². The number of rotatable bonds is 4. The number of H-pyrrole nitrogens is 1. The van der Waals surface area contributed by atoms with Crippen molar-refractivity contribution in [3.8, 4) is 0 Å². The van der Waals surface area contributed by atoms with Crippen LogP contribution in [0.1, 0.15) is 20.1 Å². The zero-order valence-corrected chi connectivity index (χ0v) is 14.0. The third-order valence-corrected chi connectivity index (χ3v) is 4.11. The van der Waals surface area contributed by atoms with Crippen LogP contribution in [0.4, 0.5) is 0 Å². The zero-order valence-electron chi connectivity index (χ0n) is 13.2. The van der Waals surface area contributed by atoms with Gasteiger partial charge in [0.15, 0.2) is 12.0 Å². The van der Waals surface area contributed by atoms with E-state index in [9.17, 15) is 18.0 Å². The van der Waals surface area contributed by atoms with Gasteiger partial charge in [0, 0.05) is 0 Å². The standard InChI is InChI=1S/C12H17N3O8S/c1-12(2)22-8-6(5-20-24(3,18)19)21-10(9(8)23-12)15-11(17)14-7(16)4-13-15/h4,6,8-10H,5H2,1-3H3,(H,14,16,17)/t6-,8+,9+,10+/m0/s1. The number of ether oxygens (including phenoxy) is 3. The minimum atomic E-state index is -3.67. The molecule has 3 heterocycles. The summed E-state index contributed by atoms with van der Waals surface area (Å²) in [4.78, 5) is 25.2. The molecule has 134 valence electrons. The summed E-state index contributed by atoms with van der Waals surface area (Å²) < 4.78 is 45.2. The molecule has 1 aromatic heterocycles. The maximum absolute atomic E-state index is 11.9. The highest BCUT2D eigenvalue weighted by atomic mass is 32.2. The van der Waals surface area contributed by atoms with Crippen LogP contribution < -0.4 is 11.2 Å². The fraction of sp³-hybridized carbons (Fsp3) is 0.750. The predicted molar refractivity (Wildman–Crippen MR) is 77.6 cm³/mol. The molecule has 24 heavy (non-hydrogen) atoms. The second kappa shape index (κ2) is 5.74. The molecule has 0 unspecified atom stereocenters. The van der Waals surface area contributed by atoms with Crippen LogP contribution in [0.3, 0.4) is 0 Å². The summed E-state index contributed by atoms with van der Waals surface area (Å²) in [5.41, 5.74) is -1.42. The van der Waals surface area contributed by atoms with Crippen molar-refractivity contribution in [2.45, 2.75) is 44.2 Å². The first-order valence-electron chi connectivity index (χ1n) is 7.09. The van der Waals surface area contributed by atoms with Crippen LogP contribution in [-0.4, -0.2) is 60.1 Å². The van der Waals surface area contributed by atoms with E-state index in [2.05, 4.69) is 10.1 Å². The molecule has 4 atom stereocenters. The minimum Gasteiger partial charge on any atom is -0.345 e. The van der Waals surface area contributed by atoms with Crippen molar-refractivity contribution in [3.05, 3.63) is 27.0 Å². The van der Waals surface area contributed by atoms with Crippen molar-refractivity contribution in [3.63, 3.8) is 0 Å². The van der Waals surface area contributed by atoms with Crippen LogP contribution >= 0.6 is 0 Å². The Bertz CT molecular complexity index is 844. The third kappa shape index (κ3) is 3.42. The lowest BCUT2D eigenvalue weighted by Gasteiger charge is -2.24. The summed E-state index contributed by atoms with van der Waals surface area (Å²) in [6, 6.07) is 0. The van der Waals surface area contributed by atoms with E-state index in [1.165, 1.54) is 0 Å². The van der Waals surface area contributed by atoms with E-state index in [-0.39, 0.29) is 6.61 Å². The Morgan fingerprint density at radius 1 is 1.33 bits per heavy atom.